The van der Waals surface area contributed by atoms with Crippen LogP contribution < -0.4 is 10.2 Å². The molecule has 0 aliphatic heterocycles. The van der Waals surface area contributed by atoms with E-state index in [0.29, 0.717) is 12.2 Å². The zero-order valence-corrected chi connectivity index (χ0v) is 21.1. The van der Waals surface area contributed by atoms with Crippen LogP contribution in [0.2, 0.25) is 0 Å². The van der Waals surface area contributed by atoms with Crippen LogP contribution in [0.1, 0.15) is 21.5 Å². The highest BCUT2D eigenvalue weighted by atomic mass is 16.5. The molecule has 6 rings (SSSR count). The third kappa shape index (κ3) is 5.38. The first-order valence-electron chi connectivity index (χ1n) is 12.7. The summed E-state index contributed by atoms with van der Waals surface area (Å²) in [6.07, 6.45) is 1.62. The van der Waals surface area contributed by atoms with Crippen LogP contribution in [0.3, 0.4) is 0 Å². The summed E-state index contributed by atoms with van der Waals surface area (Å²) >= 11 is 0. The van der Waals surface area contributed by atoms with Crippen LogP contribution in [0.15, 0.2) is 132 Å². The van der Waals surface area contributed by atoms with E-state index in [1.807, 2.05) is 103 Å². The second-order valence-corrected chi connectivity index (χ2v) is 9.13. The molecule has 5 aromatic carbocycles. The first-order chi connectivity index (χ1) is 19.2. The number of benzene rings is 5. The predicted molar refractivity (Wildman–Crippen MR) is 157 cm³/mol. The summed E-state index contributed by atoms with van der Waals surface area (Å²) in [5.41, 5.74) is 7.62. The molecule has 39 heavy (non-hydrogen) atoms. The fourth-order valence-electron chi connectivity index (χ4n) is 4.58. The minimum absolute atomic E-state index is 0.294. The molecule has 5 heteroatoms. The van der Waals surface area contributed by atoms with Crippen LogP contribution in [0, 0.1) is 0 Å². The van der Waals surface area contributed by atoms with Crippen LogP contribution >= 0.6 is 0 Å². The molecule has 0 radical (unpaired) electrons. The number of carbonyl (C=O) groups is 1. The van der Waals surface area contributed by atoms with Gasteiger partial charge in [-0.2, -0.15) is 5.10 Å². The van der Waals surface area contributed by atoms with E-state index in [-0.39, 0.29) is 5.91 Å². The Hall–Kier alpha value is -5.29. The Bertz CT molecular complexity index is 1790. The van der Waals surface area contributed by atoms with Crippen molar-refractivity contribution in [3.63, 3.8) is 0 Å². The number of carbonyl (C=O) groups excluding carboxylic acids is 1. The lowest BCUT2D eigenvalue weighted by atomic mass is 10.0. The molecule has 1 heterocycles. The topological polar surface area (TPSA) is 63.6 Å². The molecule has 1 N–H and O–H groups in total. The van der Waals surface area contributed by atoms with Crippen molar-refractivity contribution in [2.75, 3.05) is 0 Å². The first kappa shape index (κ1) is 24.1. The fraction of sp³-hybridized carbons (Fsp3) is 0.0294. The molecule has 0 aliphatic rings. The minimum Gasteiger partial charge on any atom is -0.489 e. The number of pyridine rings is 1. The number of ether oxygens (including phenoxy) is 1. The van der Waals surface area contributed by atoms with Crippen molar-refractivity contribution in [3.8, 4) is 17.0 Å². The second-order valence-electron chi connectivity index (χ2n) is 9.13. The highest BCUT2D eigenvalue weighted by Gasteiger charge is 2.13. The maximum Gasteiger partial charge on any atom is 0.272 e. The van der Waals surface area contributed by atoms with Crippen molar-refractivity contribution in [3.05, 3.63) is 144 Å². The molecule has 1 aromatic heterocycles. The normalized spacial score (nSPS) is 11.2. The van der Waals surface area contributed by atoms with Gasteiger partial charge in [-0.1, -0.05) is 91.0 Å². The number of hydrazone groups is 1. The van der Waals surface area contributed by atoms with Gasteiger partial charge in [0.05, 0.1) is 23.0 Å². The van der Waals surface area contributed by atoms with E-state index >= 15 is 0 Å². The largest absolute Gasteiger partial charge is 0.489 e. The smallest absolute Gasteiger partial charge is 0.272 e. The lowest BCUT2D eigenvalue weighted by Gasteiger charge is -2.09. The first-order valence-corrected chi connectivity index (χ1v) is 12.7. The third-order valence-corrected chi connectivity index (χ3v) is 6.56. The molecule has 0 aliphatic carbocycles. The Morgan fingerprint density at radius 1 is 0.769 bits per heavy atom. The number of hydrogen-bond donors (Lipinski definition) is 1. The van der Waals surface area contributed by atoms with E-state index in [4.69, 9.17) is 9.72 Å². The third-order valence-electron chi connectivity index (χ3n) is 6.56. The van der Waals surface area contributed by atoms with Gasteiger partial charge in [-0.05, 0) is 58.3 Å². The Labute approximate surface area is 226 Å². The van der Waals surface area contributed by atoms with Crippen molar-refractivity contribution in [2.45, 2.75) is 6.61 Å². The van der Waals surface area contributed by atoms with E-state index in [0.717, 1.165) is 39.0 Å². The molecule has 0 saturated carbocycles. The van der Waals surface area contributed by atoms with E-state index < -0.39 is 0 Å². The quantitative estimate of drug-likeness (QED) is 0.181. The van der Waals surface area contributed by atoms with Crippen LogP contribution in [0.5, 0.6) is 5.75 Å². The Balaban J connectivity index is 1.14. The molecule has 0 saturated heterocycles. The van der Waals surface area contributed by atoms with Gasteiger partial charge < -0.3 is 4.74 Å². The van der Waals surface area contributed by atoms with Crippen molar-refractivity contribution < 1.29 is 9.53 Å². The number of aromatic nitrogens is 1. The lowest BCUT2D eigenvalue weighted by molar-refractivity contribution is 0.0956. The van der Waals surface area contributed by atoms with Crippen LogP contribution in [0.25, 0.3) is 32.9 Å². The Morgan fingerprint density at radius 3 is 2.33 bits per heavy atom. The van der Waals surface area contributed by atoms with Crippen LogP contribution in [-0.2, 0) is 6.61 Å². The molecular weight excluding hydrogens is 482 g/mol. The molecular formula is C34H25N3O2. The fourth-order valence-corrected chi connectivity index (χ4v) is 4.58. The van der Waals surface area contributed by atoms with E-state index in [1.165, 1.54) is 10.8 Å². The number of amides is 1. The molecule has 0 bridgehead atoms. The van der Waals surface area contributed by atoms with Gasteiger partial charge in [0.15, 0.2) is 0 Å². The number of nitrogens with zero attached hydrogens (tertiary/aromatic N) is 2. The van der Waals surface area contributed by atoms with Crippen molar-refractivity contribution in [1.29, 1.82) is 0 Å². The van der Waals surface area contributed by atoms with E-state index in [1.54, 1.807) is 6.21 Å². The standard InChI is InChI=1S/C34H25N3O2/c38-34(31-21-33(26-10-2-1-3-11-26)36-32-16-7-6-15-30(31)32)37-35-22-24-17-19-28(20-18-24)39-23-27-13-8-12-25-9-4-5-14-29(25)27/h1-22H,23H2,(H,37,38)/b35-22+. The molecule has 0 fully saturated rings. The van der Waals surface area contributed by atoms with Gasteiger partial charge in [-0.3, -0.25) is 4.79 Å². The molecule has 0 atom stereocenters. The summed E-state index contributed by atoms with van der Waals surface area (Å²) in [5.74, 6) is 0.470. The van der Waals surface area contributed by atoms with Gasteiger partial charge in [0.25, 0.3) is 5.91 Å². The second kappa shape index (κ2) is 11.0. The highest BCUT2D eigenvalue weighted by Crippen LogP contribution is 2.25. The van der Waals surface area contributed by atoms with Gasteiger partial charge >= 0.3 is 0 Å². The van der Waals surface area contributed by atoms with Crippen LogP contribution in [-0.4, -0.2) is 17.1 Å². The summed E-state index contributed by atoms with van der Waals surface area (Å²) in [4.78, 5) is 17.9. The Morgan fingerprint density at radius 2 is 1.49 bits per heavy atom. The number of fused-ring (bicyclic) bond motifs is 2. The summed E-state index contributed by atoms with van der Waals surface area (Å²) < 4.78 is 6.02. The maximum atomic E-state index is 13.1. The summed E-state index contributed by atoms with van der Waals surface area (Å²) in [5, 5.41) is 7.36. The summed E-state index contributed by atoms with van der Waals surface area (Å²) in [7, 11) is 0. The average molecular weight is 508 g/mol. The SMILES string of the molecule is O=C(N/N=C/c1ccc(OCc2cccc3ccccc23)cc1)c1cc(-c2ccccc2)nc2ccccc12. The van der Waals surface area contributed by atoms with Crippen molar-refractivity contribution in [2.24, 2.45) is 5.10 Å². The average Bonchev–Trinajstić information content (AvgIpc) is 3.00. The lowest BCUT2D eigenvalue weighted by Crippen LogP contribution is -2.18. The zero-order chi connectivity index (χ0) is 26.4. The van der Waals surface area contributed by atoms with Gasteiger partial charge in [-0.15, -0.1) is 0 Å². The minimum atomic E-state index is -0.294. The number of para-hydroxylation sites is 1. The van der Waals surface area contributed by atoms with Gasteiger partial charge in [0, 0.05) is 10.9 Å². The maximum absolute atomic E-state index is 13.1. The monoisotopic (exact) mass is 507 g/mol. The van der Waals surface area contributed by atoms with Gasteiger partial charge in [0.2, 0.25) is 0 Å². The van der Waals surface area contributed by atoms with Crippen molar-refractivity contribution >= 4 is 33.8 Å². The number of nitrogens with one attached hydrogen (secondary N) is 1. The zero-order valence-electron chi connectivity index (χ0n) is 21.1. The number of hydrogen-bond acceptors (Lipinski definition) is 4. The van der Waals surface area contributed by atoms with Crippen LogP contribution in [0.4, 0.5) is 0 Å². The van der Waals surface area contributed by atoms with Gasteiger partial charge in [-0.25, -0.2) is 10.4 Å². The summed E-state index contributed by atoms with van der Waals surface area (Å²) in [6.45, 7) is 0.482. The molecule has 6 aromatic rings. The molecule has 188 valence electrons. The van der Waals surface area contributed by atoms with Crippen molar-refractivity contribution in [1.82, 2.24) is 10.4 Å². The summed E-state index contributed by atoms with van der Waals surface area (Å²) in [6, 6.07) is 41.4. The molecule has 0 unspecified atom stereocenters. The molecule has 1 amide bonds. The number of rotatable bonds is 7. The predicted octanol–water partition coefficient (Wildman–Crippen LogP) is 7.40. The van der Waals surface area contributed by atoms with Gasteiger partial charge in [0.1, 0.15) is 12.4 Å². The highest BCUT2D eigenvalue weighted by molar-refractivity contribution is 6.07. The Kier molecular flexibility index (Phi) is 6.78. The molecule has 5 nitrogen and oxygen atoms in total. The molecule has 0 spiro atoms. The van der Waals surface area contributed by atoms with E-state index in [2.05, 4.69) is 34.8 Å². The van der Waals surface area contributed by atoms with E-state index in [9.17, 15) is 4.79 Å².